The molecular formula is C17H23N5O2S2. The highest BCUT2D eigenvalue weighted by Gasteiger charge is 2.15. The molecule has 0 aliphatic rings. The van der Waals surface area contributed by atoms with Gasteiger partial charge in [0.1, 0.15) is 0 Å². The van der Waals surface area contributed by atoms with Gasteiger partial charge in [0.05, 0.1) is 12.3 Å². The van der Waals surface area contributed by atoms with Crippen LogP contribution in [0.1, 0.15) is 18.1 Å². The smallest absolute Gasteiger partial charge is 0.243 e. The first-order chi connectivity index (χ1) is 12.4. The van der Waals surface area contributed by atoms with Gasteiger partial charge in [0.25, 0.3) is 0 Å². The van der Waals surface area contributed by atoms with Gasteiger partial charge in [0, 0.05) is 19.3 Å². The number of nitrogens with zero attached hydrogens (tertiary/aromatic N) is 3. The lowest BCUT2D eigenvalue weighted by molar-refractivity contribution is -0.131. The van der Waals surface area contributed by atoms with Crippen molar-refractivity contribution in [3.05, 3.63) is 29.3 Å². The van der Waals surface area contributed by atoms with Crippen LogP contribution in [0.15, 0.2) is 22.5 Å². The molecule has 140 valence electrons. The molecule has 2 amide bonds. The lowest BCUT2D eigenvalue weighted by atomic mass is 10.1. The zero-order valence-electron chi connectivity index (χ0n) is 15.3. The minimum Gasteiger partial charge on any atom is -0.360 e. The average molecular weight is 394 g/mol. The van der Waals surface area contributed by atoms with Crippen LogP contribution in [0.3, 0.4) is 0 Å². The summed E-state index contributed by atoms with van der Waals surface area (Å²) >= 11 is 2.73. The third-order valence-electron chi connectivity index (χ3n) is 3.53. The van der Waals surface area contributed by atoms with Crippen LogP contribution in [-0.4, -0.2) is 52.8 Å². The van der Waals surface area contributed by atoms with E-state index in [-0.39, 0.29) is 24.1 Å². The van der Waals surface area contributed by atoms with Gasteiger partial charge >= 0.3 is 0 Å². The van der Waals surface area contributed by atoms with E-state index in [1.807, 2.05) is 39.0 Å². The Labute approximate surface area is 161 Å². The van der Waals surface area contributed by atoms with Crippen LogP contribution in [0.2, 0.25) is 0 Å². The molecule has 0 bridgehead atoms. The van der Waals surface area contributed by atoms with Gasteiger partial charge < -0.3 is 15.5 Å². The van der Waals surface area contributed by atoms with E-state index < -0.39 is 0 Å². The van der Waals surface area contributed by atoms with Gasteiger partial charge in [0.15, 0.2) is 4.34 Å². The van der Waals surface area contributed by atoms with Gasteiger partial charge in [-0.05, 0) is 38.0 Å². The Hall–Kier alpha value is -2.13. The number of carbonyl (C=O) groups excluding carboxylic acids is 2. The molecule has 1 aromatic heterocycles. The summed E-state index contributed by atoms with van der Waals surface area (Å²) in [5, 5.41) is 14.7. The van der Waals surface area contributed by atoms with E-state index in [0.717, 1.165) is 32.8 Å². The SMILES string of the molecule is CCNc1nnc(SCC(=O)N(C)CC(=O)Nc2cc(C)ccc2C)s1. The van der Waals surface area contributed by atoms with Gasteiger partial charge in [-0.2, -0.15) is 0 Å². The zero-order valence-corrected chi connectivity index (χ0v) is 17.0. The van der Waals surface area contributed by atoms with Crippen LogP contribution in [0.5, 0.6) is 0 Å². The van der Waals surface area contributed by atoms with E-state index in [1.54, 1.807) is 7.05 Å². The van der Waals surface area contributed by atoms with Gasteiger partial charge in [-0.3, -0.25) is 9.59 Å². The van der Waals surface area contributed by atoms with Crippen LogP contribution in [0.4, 0.5) is 10.8 Å². The maximum Gasteiger partial charge on any atom is 0.243 e. The molecule has 0 spiro atoms. The predicted molar refractivity (Wildman–Crippen MR) is 107 cm³/mol. The quantitative estimate of drug-likeness (QED) is 0.671. The minimum absolute atomic E-state index is 0.00549. The first-order valence-corrected chi connectivity index (χ1v) is 10.0. The van der Waals surface area contributed by atoms with Crippen LogP contribution >= 0.6 is 23.1 Å². The summed E-state index contributed by atoms with van der Waals surface area (Å²) < 4.78 is 0.725. The third-order valence-corrected chi connectivity index (χ3v) is 5.53. The lowest BCUT2D eigenvalue weighted by Gasteiger charge is -2.17. The molecule has 26 heavy (non-hydrogen) atoms. The molecule has 0 atom stereocenters. The molecule has 9 heteroatoms. The molecule has 0 saturated heterocycles. The maximum atomic E-state index is 12.2. The number of aryl methyl sites for hydroxylation is 2. The van der Waals surface area contributed by atoms with Crippen molar-refractivity contribution >= 4 is 45.7 Å². The second-order valence-corrected chi connectivity index (χ2v) is 8.01. The summed E-state index contributed by atoms with van der Waals surface area (Å²) in [6, 6.07) is 5.87. The maximum absolute atomic E-state index is 12.2. The number of thioether (sulfide) groups is 1. The first-order valence-electron chi connectivity index (χ1n) is 8.20. The number of nitrogens with one attached hydrogen (secondary N) is 2. The van der Waals surface area contributed by atoms with Crippen LogP contribution in [-0.2, 0) is 9.59 Å². The number of rotatable bonds is 8. The van der Waals surface area contributed by atoms with Crippen molar-refractivity contribution < 1.29 is 9.59 Å². The highest BCUT2D eigenvalue weighted by atomic mass is 32.2. The van der Waals surface area contributed by atoms with Crippen molar-refractivity contribution in [2.75, 3.05) is 36.5 Å². The number of benzene rings is 1. The average Bonchev–Trinajstić information content (AvgIpc) is 3.03. The fraction of sp³-hybridized carbons (Fsp3) is 0.412. The molecule has 0 aliphatic heterocycles. The molecule has 1 heterocycles. The number of likely N-dealkylation sites (N-methyl/N-ethyl adjacent to an activating group) is 1. The van der Waals surface area contributed by atoms with Crippen molar-refractivity contribution in [3.8, 4) is 0 Å². The summed E-state index contributed by atoms with van der Waals surface area (Å²) in [7, 11) is 1.62. The number of carbonyl (C=O) groups is 2. The largest absolute Gasteiger partial charge is 0.360 e. The molecule has 2 N–H and O–H groups in total. The normalized spacial score (nSPS) is 10.5. The summed E-state index contributed by atoms with van der Waals surface area (Å²) in [4.78, 5) is 25.8. The van der Waals surface area contributed by atoms with Crippen molar-refractivity contribution in [1.29, 1.82) is 0 Å². The molecular weight excluding hydrogens is 370 g/mol. The van der Waals surface area contributed by atoms with E-state index in [1.165, 1.54) is 28.0 Å². The van der Waals surface area contributed by atoms with Gasteiger partial charge in [-0.1, -0.05) is 35.2 Å². The van der Waals surface area contributed by atoms with Crippen molar-refractivity contribution in [2.45, 2.75) is 25.1 Å². The summed E-state index contributed by atoms with van der Waals surface area (Å²) in [6.07, 6.45) is 0. The Balaban J connectivity index is 1.81. The number of hydrogen-bond acceptors (Lipinski definition) is 7. The first kappa shape index (κ1) is 20.2. The summed E-state index contributed by atoms with van der Waals surface area (Å²) in [5.74, 6) is -0.134. The Kier molecular flexibility index (Phi) is 7.40. The molecule has 0 radical (unpaired) electrons. The second kappa shape index (κ2) is 9.54. The molecule has 2 rings (SSSR count). The Morgan fingerprint density at radius 1 is 1.27 bits per heavy atom. The number of amides is 2. The number of hydrogen-bond donors (Lipinski definition) is 2. The summed E-state index contributed by atoms with van der Waals surface area (Å²) in [6.45, 7) is 6.67. The minimum atomic E-state index is -0.218. The summed E-state index contributed by atoms with van der Waals surface area (Å²) in [5.41, 5.74) is 2.83. The highest BCUT2D eigenvalue weighted by molar-refractivity contribution is 8.01. The van der Waals surface area contributed by atoms with Gasteiger partial charge in [-0.25, -0.2) is 0 Å². The Morgan fingerprint density at radius 3 is 2.77 bits per heavy atom. The van der Waals surface area contributed by atoms with Crippen molar-refractivity contribution in [3.63, 3.8) is 0 Å². The van der Waals surface area contributed by atoms with Crippen LogP contribution < -0.4 is 10.6 Å². The van der Waals surface area contributed by atoms with Crippen molar-refractivity contribution in [2.24, 2.45) is 0 Å². The Bertz CT molecular complexity index is 778. The topological polar surface area (TPSA) is 87.2 Å². The van der Waals surface area contributed by atoms with Crippen LogP contribution in [0, 0.1) is 13.8 Å². The zero-order chi connectivity index (χ0) is 19.1. The standard InChI is InChI=1S/C17H23N5O2S2/c1-5-18-16-20-21-17(26-16)25-10-15(24)22(4)9-14(23)19-13-8-11(2)6-7-12(13)3/h6-8H,5,9-10H2,1-4H3,(H,18,20)(H,19,23). The second-order valence-electron chi connectivity index (χ2n) is 5.81. The molecule has 0 unspecified atom stereocenters. The van der Waals surface area contributed by atoms with Gasteiger partial charge in [0.2, 0.25) is 16.9 Å². The lowest BCUT2D eigenvalue weighted by Crippen LogP contribution is -2.36. The molecule has 0 saturated carbocycles. The Morgan fingerprint density at radius 2 is 2.04 bits per heavy atom. The molecule has 0 fully saturated rings. The third kappa shape index (κ3) is 5.99. The molecule has 7 nitrogen and oxygen atoms in total. The fourth-order valence-electron chi connectivity index (χ4n) is 2.09. The van der Waals surface area contributed by atoms with E-state index in [4.69, 9.17) is 0 Å². The van der Waals surface area contributed by atoms with E-state index in [0.29, 0.717) is 0 Å². The molecule has 1 aromatic carbocycles. The number of anilines is 2. The van der Waals surface area contributed by atoms with E-state index in [9.17, 15) is 9.59 Å². The van der Waals surface area contributed by atoms with E-state index in [2.05, 4.69) is 20.8 Å². The number of aromatic nitrogens is 2. The fourth-order valence-corrected chi connectivity index (χ4v) is 3.85. The molecule has 0 aliphatic carbocycles. The van der Waals surface area contributed by atoms with Gasteiger partial charge in [-0.15, -0.1) is 10.2 Å². The monoisotopic (exact) mass is 393 g/mol. The van der Waals surface area contributed by atoms with E-state index >= 15 is 0 Å². The highest BCUT2D eigenvalue weighted by Crippen LogP contribution is 2.25. The van der Waals surface area contributed by atoms with Crippen molar-refractivity contribution in [1.82, 2.24) is 15.1 Å². The molecule has 2 aromatic rings. The predicted octanol–water partition coefficient (Wildman–Crippen LogP) is 2.78. The van der Waals surface area contributed by atoms with Crippen LogP contribution in [0.25, 0.3) is 0 Å².